The zero-order chi connectivity index (χ0) is 13.1. The lowest BCUT2D eigenvalue weighted by Gasteiger charge is -2.11. The highest BCUT2D eigenvalue weighted by Gasteiger charge is 2.08. The number of halogens is 2. The molecular weight excluding hydrogens is 316 g/mol. The van der Waals surface area contributed by atoms with Gasteiger partial charge in [0.05, 0.1) is 15.9 Å². The molecule has 0 atom stereocenters. The summed E-state index contributed by atoms with van der Waals surface area (Å²) in [4.78, 5) is 4.36. The Morgan fingerprint density at radius 3 is 2.83 bits per heavy atom. The van der Waals surface area contributed by atoms with Gasteiger partial charge in [-0.05, 0) is 47.1 Å². The Morgan fingerprint density at radius 1 is 1.39 bits per heavy atom. The predicted octanol–water partition coefficient (Wildman–Crippen LogP) is 3.97. The van der Waals surface area contributed by atoms with Gasteiger partial charge >= 0.3 is 0 Å². The van der Waals surface area contributed by atoms with Crippen molar-refractivity contribution in [2.24, 2.45) is 0 Å². The minimum Gasteiger partial charge on any atom is -0.484 e. The van der Waals surface area contributed by atoms with Gasteiger partial charge in [-0.1, -0.05) is 17.7 Å². The Balaban J connectivity index is 2.16. The zero-order valence-electron chi connectivity index (χ0n) is 9.78. The van der Waals surface area contributed by atoms with Gasteiger partial charge in [-0.25, -0.2) is 0 Å². The summed E-state index contributed by atoms with van der Waals surface area (Å²) >= 11 is 9.26. The first-order chi connectivity index (χ1) is 8.56. The quantitative estimate of drug-likeness (QED) is 0.868. The lowest BCUT2D eigenvalue weighted by molar-refractivity contribution is 0.301. The molecule has 1 aromatic heterocycles. The highest BCUT2D eigenvalue weighted by atomic mass is 79.9. The van der Waals surface area contributed by atoms with Gasteiger partial charge in [0, 0.05) is 10.7 Å². The van der Waals surface area contributed by atoms with Crippen LogP contribution in [-0.4, -0.2) is 4.98 Å². The second-order valence-electron chi connectivity index (χ2n) is 3.86. The number of anilines is 1. The molecule has 0 saturated carbocycles. The van der Waals surface area contributed by atoms with Crippen LogP contribution < -0.4 is 10.5 Å². The maximum atomic E-state index is 5.88. The van der Waals surface area contributed by atoms with E-state index in [2.05, 4.69) is 20.9 Å². The molecule has 0 unspecified atom stereocenters. The highest BCUT2D eigenvalue weighted by molar-refractivity contribution is 9.10. The third-order valence-electron chi connectivity index (χ3n) is 2.35. The summed E-state index contributed by atoms with van der Waals surface area (Å²) in [5, 5.41) is 0.570. The molecule has 1 aromatic carbocycles. The van der Waals surface area contributed by atoms with Gasteiger partial charge in [0.2, 0.25) is 0 Å². The normalized spacial score (nSPS) is 10.4. The van der Waals surface area contributed by atoms with Crippen molar-refractivity contribution in [1.29, 1.82) is 0 Å². The molecule has 0 fully saturated rings. The lowest BCUT2D eigenvalue weighted by Crippen LogP contribution is -2.02. The molecule has 0 aliphatic carbocycles. The van der Waals surface area contributed by atoms with E-state index < -0.39 is 0 Å². The van der Waals surface area contributed by atoms with Gasteiger partial charge in [-0.2, -0.15) is 0 Å². The van der Waals surface area contributed by atoms with Crippen molar-refractivity contribution in [3.05, 3.63) is 51.2 Å². The molecule has 0 spiro atoms. The second-order valence-corrected chi connectivity index (χ2v) is 5.16. The van der Waals surface area contributed by atoms with Crippen molar-refractivity contribution in [1.82, 2.24) is 4.98 Å². The second kappa shape index (κ2) is 5.59. The van der Waals surface area contributed by atoms with Crippen molar-refractivity contribution >= 4 is 33.2 Å². The number of aryl methyl sites for hydroxylation is 1. The van der Waals surface area contributed by atoms with E-state index in [0.717, 1.165) is 15.9 Å². The first-order valence-electron chi connectivity index (χ1n) is 5.36. The van der Waals surface area contributed by atoms with E-state index in [1.165, 1.54) is 0 Å². The smallest absolute Gasteiger partial charge is 0.157 e. The van der Waals surface area contributed by atoms with Crippen LogP contribution in [0.3, 0.4) is 0 Å². The molecule has 18 heavy (non-hydrogen) atoms. The maximum Gasteiger partial charge on any atom is 0.157 e. The summed E-state index contributed by atoms with van der Waals surface area (Å²) in [5.41, 5.74) is 8.17. The van der Waals surface area contributed by atoms with Crippen molar-refractivity contribution in [3.63, 3.8) is 0 Å². The van der Waals surface area contributed by atoms with Crippen LogP contribution >= 0.6 is 27.5 Å². The first-order valence-corrected chi connectivity index (χ1v) is 6.53. The molecule has 2 rings (SSSR count). The van der Waals surface area contributed by atoms with Crippen LogP contribution in [0.5, 0.6) is 5.75 Å². The Hall–Kier alpha value is -1.26. The average Bonchev–Trinajstić information content (AvgIpc) is 2.27. The molecule has 0 amide bonds. The molecule has 0 aliphatic rings. The van der Waals surface area contributed by atoms with E-state index in [1.807, 2.05) is 25.1 Å². The SMILES string of the molecule is Cc1cccc(COc2c(N)cc(Cl)cc2Br)n1. The van der Waals surface area contributed by atoms with E-state index in [1.54, 1.807) is 12.1 Å². The summed E-state index contributed by atoms with van der Waals surface area (Å²) in [6.45, 7) is 2.31. The topological polar surface area (TPSA) is 48.1 Å². The van der Waals surface area contributed by atoms with Crippen LogP contribution in [0, 0.1) is 6.92 Å². The fourth-order valence-corrected chi connectivity index (χ4v) is 2.51. The van der Waals surface area contributed by atoms with E-state index in [-0.39, 0.29) is 0 Å². The number of nitrogens with two attached hydrogens (primary N) is 1. The predicted molar refractivity (Wildman–Crippen MR) is 76.9 cm³/mol. The van der Waals surface area contributed by atoms with E-state index in [0.29, 0.717) is 23.1 Å². The van der Waals surface area contributed by atoms with Crippen molar-refractivity contribution < 1.29 is 4.74 Å². The Labute approximate surface area is 119 Å². The molecule has 2 N–H and O–H groups in total. The number of hydrogen-bond donors (Lipinski definition) is 1. The molecule has 0 aliphatic heterocycles. The number of nitrogens with zero attached hydrogens (tertiary/aromatic N) is 1. The van der Waals surface area contributed by atoms with Crippen molar-refractivity contribution in [3.8, 4) is 5.75 Å². The molecule has 94 valence electrons. The number of ether oxygens (including phenoxy) is 1. The van der Waals surface area contributed by atoms with Crippen LogP contribution in [0.15, 0.2) is 34.8 Å². The molecule has 1 heterocycles. The summed E-state index contributed by atoms with van der Waals surface area (Å²) in [7, 11) is 0. The van der Waals surface area contributed by atoms with Gasteiger partial charge in [0.1, 0.15) is 6.61 Å². The zero-order valence-corrected chi connectivity index (χ0v) is 12.1. The van der Waals surface area contributed by atoms with Gasteiger partial charge in [0.15, 0.2) is 5.75 Å². The third-order valence-corrected chi connectivity index (χ3v) is 3.15. The summed E-state index contributed by atoms with van der Waals surface area (Å²) in [6.07, 6.45) is 0. The van der Waals surface area contributed by atoms with E-state index in [9.17, 15) is 0 Å². The summed E-state index contributed by atoms with van der Waals surface area (Å²) in [5.74, 6) is 0.586. The van der Waals surface area contributed by atoms with Gasteiger partial charge < -0.3 is 10.5 Å². The number of rotatable bonds is 3. The fraction of sp³-hybridized carbons (Fsp3) is 0.154. The molecule has 0 bridgehead atoms. The van der Waals surface area contributed by atoms with Crippen LogP contribution in [0.25, 0.3) is 0 Å². The number of aromatic nitrogens is 1. The monoisotopic (exact) mass is 326 g/mol. The van der Waals surface area contributed by atoms with Gasteiger partial charge in [-0.15, -0.1) is 0 Å². The minimum absolute atomic E-state index is 0.367. The van der Waals surface area contributed by atoms with Crippen LogP contribution in [0.1, 0.15) is 11.4 Å². The number of pyridine rings is 1. The van der Waals surface area contributed by atoms with Crippen LogP contribution in [-0.2, 0) is 6.61 Å². The molecule has 2 aromatic rings. The largest absolute Gasteiger partial charge is 0.484 e. The van der Waals surface area contributed by atoms with Crippen molar-refractivity contribution in [2.75, 3.05) is 5.73 Å². The molecule has 5 heteroatoms. The van der Waals surface area contributed by atoms with Crippen LogP contribution in [0.2, 0.25) is 5.02 Å². The summed E-state index contributed by atoms with van der Waals surface area (Å²) in [6, 6.07) is 9.20. The minimum atomic E-state index is 0.367. The molecular formula is C13H12BrClN2O. The maximum absolute atomic E-state index is 5.88. The fourth-order valence-electron chi connectivity index (χ4n) is 1.56. The number of benzene rings is 1. The average molecular weight is 328 g/mol. The Morgan fingerprint density at radius 2 is 2.17 bits per heavy atom. The Kier molecular flexibility index (Phi) is 4.09. The summed E-state index contributed by atoms with van der Waals surface area (Å²) < 4.78 is 6.41. The molecule has 3 nitrogen and oxygen atoms in total. The highest BCUT2D eigenvalue weighted by Crippen LogP contribution is 2.34. The molecule has 0 saturated heterocycles. The first kappa shape index (κ1) is 13.2. The Bertz CT molecular complexity index is 552. The number of nitrogen functional groups attached to an aromatic ring is 1. The van der Waals surface area contributed by atoms with Gasteiger partial charge in [-0.3, -0.25) is 4.98 Å². The standard InChI is InChI=1S/C13H12BrClN2O/c1-8-3-2-4-10(17-8)7-18-13-11(14)5-9(15)6-12(13)16/h2-6H,7,16H2,1H3. The number of hydrogen-bond acceptors (Lipinski definition) is 3. The van der Waals surface area contributed by atoms with Gasteiger partial charge in [0.25, 0.3) is 0 Å². The van der Waals surface area contributed by atoms with Crippen LogP contribution in [0.4, 0.5) is 5.69 Å². The lowest BCUT2D eigenvalue weighted by atomic mass is 10.3. The van der Waals surface area contributed by atoms with Crippen molar-refractivity contribution in [2.45, 2.75) is 13.5 Å². The third kappa shape index (κ3) is 3.15. The van der Waals surface area contributed by atoms with E-state index >= 15 is 0 Å². The molecule has 0 radical (unpaired) electrons. The van der Waals surface area contributed by atoms with E-state index in [4.69, 9.17) is 22.1 Å².